The van der Waals surface area contributed by atoms with Gasteiger partial charge in [-0.1, -0.05) is 36.4 Å². The third-order valence-corrected chi connectivity index (χ3v) is 3.18. The van der Waals surface area contributed by atoms with Gasteiger partial charge in [-0.05, 0) is 57.5 Å². The fraction of sp³-hybridized carbons (Fsp3) is 0. The topological polar surface area (TPSA) is 43.1 Å². The molecule has 0 bridgehead atoms. The molecule has 18 heavy (non-hydrogen) atoms. The molecule has 0 aliphatic heterocycles. The minimum Gasteiger partial charge on any atom is -0.366 e. The van der Waals surface area contributed by atoms with Gasteiger partial charge in [0.05, 0.1) is 0 Å². The molecule has 2 rings (SSSR count). The maximum absolute atomic E-state index is 10.6. The van der Waals surface area contributed by atoms with Gasteiger partial charge in [-0.2, -0.15) is 0 Å². The van der Waals surface area contributed by atoms with Crippen LogP contribution in [0.15, 0.2) is 54.6 Å². The molecule has 2 aromatic carbocycles. The Morgan fingerprint density at radius 1 is 1.06 bits per heavy atom. The van der Waals surface area contributed by atoms with E-state index in [1.54, 1.807) is 6.08 Å². The highest BCUT2D eigenvalue weighted by Gasteiger charge is 1.97. The lowest BCUT2D eigenvalue weighted by atomic mass is 10.0. The Morgan fingerprint density at radius 3 is 2.39 bits per heavy atom. The summed E-state index contributed by atoms with van der Waals surface area (Å²) in [6, 6.07) is 16.3. The highest BCUT2D eigenvalue weighted by Crippen LogP contribution is 2.21. The number of nitrogens with two attached hydrogens (primary N) is 1. The first kappa shape index (κ1) is 12.8. The van der Waals surface area contributed by atoms with Crippen LogP contribution in [0.25, 0.3) is 17.2 Å². The van der Waals surface area contributed by atoms with E-state index in [-0.39, 0.29) is 0 Å². The summed E-state index contributed by atoms with van der Waals surface area (Å²) in [5.74, 6) is -0.434. The third kappa shape index (κ3) is 3.43. The van der Waals surface area contributed by atoms with Crippen molar-refractivity contribution >= 4 is 34.6 Å². The van der Waals surface area contributed by atoms with E-state index in [9.17, 15) is 4.79 Å². The van der Waals surface area contributed by atoms with Crippen LogP contribution >= 0.6 is 22.6 Å². The lowest BCUT2D eigenvalue weighted by molar-refractivity contribution is -0.113. The molecule has 0 saturated heterocycles. The molecule has 0 spiro atoms. The molecule has 0 atom stereocenters. The Labute approximate surface area is 120 Å². The molecule has 3 heteroatoms. The zero-order chi connectivity index (χ0) is 13.0. The summed E-state index contributed by atoms with van der Waals surface area (Å²) in [7, 11) is 0. The zero-order valence-corrected chi connectivity index (χ0v) is 11.8. The normalized spacial score (nSPS) is 10.7. The second kappa shape index (κ2) is 5.82. The summed E-state index contributed by atoms with van der Waals surface area (Å²) in [5.41, 5.74) is 8.36. The second-order valence-corrected chi connectivity index (χ2v) is 5.11. The van der Waals surface area contributed by atoms with E-state index in [1.807, 2.05) is 30.3 Å². The molecular formula is C15H12INO. The van der Waals surface area contributed by atoms with Gasteiger partial charge in [-0.25, -0.2) is 0 Å². The average Bonchev–Trinajstić information content (AvgIpc) is 2.37. The number of benzene rings is 2. The highest BCUT2D eigenvalue weighted by molar-refractivity contribution is 14.1. The molecule has 1 amide bonds. The number of carbonyl (C=O) groups is 1. The zero-order valence-electron chi connectivity index (χ0n) is 9.64. The van der Waals surface area contributed by atoms with Gasteiger partial charge in [-0.15, -0.1) is 0 Å². The predicted octanol–water partition coefficient (Wildman–Crippen LogP) is 3.46. The fourth-order valence-electron chi connectivity index (χ4n) is 1.63. The summed E-state index contributed by atoms with van der Waals surface area (Å²) < 4.78 is 1.21. The maximum Gasteiger partial charge on any atom is 0.241 e. The number of carbonyl (C=O) groups excluding carboxylic acids is 1. The lowest BCUT2D eigenvalue weighted by Crippen LogP contribution is -2.04. The van der Waals surface area contributed by atoms with Gasteiger partial charge in [0.15, 0.2) is 0 Å². The molecule has 2 nitrogen and oxygen atoms in total. The van der Waals surface area contributed by atoms with Gasteiger partial charge < -0.3 is 5.73 Å². The van der Waals surface area contributed by atoms with Crippen molar-refractivity contribution in [3.63, 3.8) is 0 Å². The lowest BCUT2D eigenvalue weighted by Gasteiger charge is -2.02. The Kier molecular flexibility index (Phi) is 4.15. The van der Waals surface area contributed by atoms with Crippen molar-refractivity contribution < 1.29 is 4.79 Å². The summed E-state index contributed by atoms with van der Waals surface area (Å²) in [6.45, 7) is 0. The van der Waals surface area contributed by atoms with Crippen molar-refractivity contribution in [2.75, 3.05) is 0 Å². The molecule has 0 saturated carbocycles. The fourth-order valence-corrected chi connectivity index (χ4v) is 2.18. The Morgan fingerprint density at radius 2 is 1.78 bits per heavy atom. The Hall–Kier alpha value is -1.62. The van der Waals surface area contributed by atoms with Gasteiger partial charge in [0.25, 0.3) is 0 Å². The monoisotopic (exact) mass is 349 g/mol. The Balaban J connectivity index is 2.25. The molecule has 90 valence electrons. The minimum absolute atomic E-state index is 0.434. The van der Waals surface area contributed by atoms with Crippen LogP contribution in [0.4, 0.5) is 0 Å². The maximum atomic E-state index is 10.6. The van der Waals surface area contributed by atoms with Gasteiger partial charge >= 0.3 is 0 Å². The first-order valence-corrected chi connectivity index (χ1v) is 6.56. The van der Waals surface area contributed by atoms with Gasteiger partial charge in [0, 0.05) is 9.65 Å². The van der Waals surface area contributed by atoms with Crippen molar-refractivity contribution in [2.24, 2.45) is 5.73 Å². The average molecular weight is 349 g/mol. The van der Waals surface area contributed by atoms with E-state index in [2.05, 4.69) is 40.8 Å². The van der Waals surface area contributed by atoms with Crippen molar-refractivity contribution in [1.29, 1.82) is 0 Å². The molecule has 0 aliphatic carbocycles. The molecule has 0 fully saturated rings. The van der Waals surface area contributed by atoms with Crippen LogP contribution in [0.3, 0.4) is 0 Å². The molecule has 0 aromatic heterocycles. The SMILES string of the molecule is NC(=O)C=Cc1ccc(-c2cccc(I)c2)cc1. The molecule has 2 N–H and O–H groups in total. The molecule has 0 heterocycles. The highest BCUT2D eigenvalue weighted by atomic mass is 127. The third-order valence-electron chi connectivity index (χ3n) is 2.51. The predicted molar refractivity (Wildman–Crippen MR) is 82.8 cm³/mol. The number of hydrogen-bond donors (Lipinski definition) is 1. The van der Waals surface area contributed by atoms with Crippen molar-refractivity contribution in [2.45, 2.75) is 0 Å². The van der Waals surface area contributed by atoms with Crippen LogP contribution in [0.2, 0.25) is 0 Å². The van der Waals surface area contributed by atoms with E-state index in [0.29, 0.717) is 0 Å². The smallest absolute Gasteiger partial charge is 0.241 e. The molecule has 0 aliphatic rings. The Bertz CT molecular complexity index is 588. The van der Waals surface area contributed by atoms with E-state index < -0.39 is 5.91 Å². The van der Waals surface area contributed by atoms with Crippen LogP contribution in [-0.4, -0.2) is 5.91 Å². The number of amides is 1. The minimum atomic E-state index is -0.434. The van der Waals surface area contributed by atoms with E-state index >= 15 is 0 Å². The second-order valence-electron chi connectivity index (χ2n) is 3.87. The van der Waals surface area contributed by atoms with Gasteiger partial charge in [-0.3, -0.25) is 4.79 Å². The number of hydrogen-bond acceptors (Lipinski definition) is 1. The molecule has 0 radical (unpaired) electrons. The largest absolute Gasteiger partial charge is 0.366 e. The van der Waals surface area contributed by atoms with E-state index in [4.69, 9.17) is 5.73 Å². The van der Waals surface area contributed by atoms with Gasteiger partial charge in [0.1, 0.15) is 0 Å². The van der Waals surface area contributed by atoms with Crippen molar-refractivity contribution in [3.05, 3.63) is 63.7 Å². The first-order chi connectivity index (χ1) is 8.65. The van der Waals surface area contributed by atoms with Crippen LogP contribution < -0.4 is 5.73 Å². The summed E-state index contributed by atoms with van der Waals surface area (Å²) in [4.78, 5) is 10.6. The summed E-state index contributed by atoms with van der Waals surface area (Å²) in [5, 5.41) is 0. The standard InChI is InChI=1S/C15H12INO/c16-14-3-1-2-13(10-14)12-7-4-11(5-8-12)6-9-15(17)18/h1-10H,(H2,17,18). The number of rotatable bonds is 3. The first-order valence-electron chi connectivity index (χ1n) is 5.49. The van der Waals surface area contributed by atoms with Crippen molar-refractivity contribution in [3.8, 4) is 11.1 Å². The van der Waals surface area contributed by atoms with Crippen LogP contribution in [-0.2, 0) is 4.79 Å². The van der Waals surface area contributed by atoms with Crippen molar-refractivity contribution in [1.82, 2.24) is 0 Å². The van der Waals surface area contributed by atoms with E-state index in [1.165, 1.54) is 15.2 Å². The van der Waals surface area contributed by atoms with Crippen LogP contribution in [0.1, 0.15) is 5.56 Å². The number of halogens is 1. The molecular weight excluding hydrogens is 337 g/mol. The van der Waals surface area contributed by atoms with Crippen LogP contribution in [0.5, 0.6) is 0 Å². The summed E-state index contributed by atoms with van der Waals surface area (Å²) in [6.07, 6.45) is 3.07. The summed E-state index contributed by atoms with van der Waals surface area (Å²) >= 11 is 2.30. The van der Waals surface area contributed by atoms with Crippen LogP contribution in [0, 0.1) is 3.57 Å². The van der Waals surface area contributed by atoms with Gasteiger partial charge in [0.2, 0.25) is 5.91 Å². The van der Waals surface area contributed by atoms with E-state index in [0.717, 1.165) is 11.1 Å². The quantitative estimate of drug-likeness (QED) is 0.669. The number of primary amides is 1. The molecule has 0 unspecified atom stereocenters. The molecule has 2 aromatic rings.